The van der Waals surface area contributed by atoms with Crippen molar-refractivity contribution in [1.29, 1.82) is 0 Å². The average molecular weight is 234 g/mol. The summed E-state index contributed by atoms with van der Waals surface area (Å²) in [6.07, 6.45) is 1.19. The summed E-state index contributed by atoms with van der Waals surface area (Å²) in [7, 11) is 0. The Bertz CT molecular complexity index is 187. The van der Waals surface area contributed by atoms with Gasteiger partial charge < -0.3 is 9.47 Å². The van der Waals surface area contributed by atoms with Crippen molar-refractivity contribution in [2.45, 2.75) is 40.2 Å². The highest BCUT2D eigenvalue weighted by atomic mass is 32.1. The third-order valence-corrected chi connectivity index (χ3v) is 2.04. The smallest absolute Gasteiger partial charge is 0.315 e. The fourth-order valence-corrected chi connectivity index (χ4v) is 1.46. The van der Waals surface area contributed by atoms with Crippen molar-refractivity contribution in [3.63, 3.8) is 0 Å². The van der Waals surface area contributed by atoms with Crippen LogP contribution in [-0.4, -0.2) is 31.0 Å². The zero-order chi connectivity index (χ0) is 11.9. The van der Waals surface area contributed by atoms with Gasteiger partial charge in [-0.15, -0.1) is 0 Å². The van der Waals surface area contributed by atoms with E-state index in [0.29, 0.717) is 13.2 Å². The predicted octanol–water partition coefficient (Wildman–Crippen LogP) is 2.30. The monoisotopic (exact) mass is 234 g/mol. The highest BCUT2D eigenvalue weighted by molar-refractivity contribution is 7.81. The van der Waals surface area contributed by atoms with E-state index in [1.54, 1.807) is 0 Å². The van der Waals surface area contributed by atoms with Gasteiger partial charge in [-0.1, -0.05) is 20.8 Å². The maximum atomic E-state index is 10.7. The Kier molecular flexibility index (Phi) is 7.02. The third-order valence-electron chi connectivity index (χ3n) is 1.78. The summed E-state index contributed by atoms with van der Waals surface area (Å²) >= 11 is 3.80. The minimum Gasteiger partial charge on any atom is -0.463 e. The second kappa shape index (κ2) is 7.12. The molecule has 0 N–H and O–H groups in total. The number of thiol groups is 1. The molecule has 0 fully saturated rings. The van der Waals surface area contributed by atoms with E-state index >= 15 is 0 Å². The van der Waals surface area contributed by atoms with E-state index in [-0.39, 0.29) is 23.2 Å². The Morgan fingerprint density at radius 3 is 2.40 bits per heavy atom. The van der Waals surface area contributed by atoms with Crippen LogP contribution in [0.25, 0.3) is 0 Å². The van der Waals surface area contributed by atoms with Crippen LogP contribution >= 0.6 is 12.6 Å². The molecule has 0 aliphatic heterocycles. The van der Waals surface area contributed by atoms with Crippen LogP contribution in [0.3, 0.4) is 0 Å². The quantitative estimate of drug-likeness (QED) is 0.435. The van der Waals surface area contributed by atoms with Crippen molar-refractivity contribution in [3.8, 4) is 0 Å². The molecule has 0 saturated carbocycles. The largest absolute Gasteiger partial charge is 0.463 e. The van der Waals surface area contributed by atoms with Gasteiger partial charge in [0, 0.05) is 0 Å². The van der Waals surface area contributed by atoms with Crippen LogP contribution < -0.4 is 0 Å². The molecule has 90 valence electrons. The standard InChI is InChI=1S/C11H22O3S/c1-9(7-11(2,3)4)13-5-6-14-10(12)8-15/h9,15H,5-8H2,1-4H3. The van der Waals surface area contributed by atoms with Gasteiger partial charge in [-0.05, 0) is 18.8 Å². The Morgan fingerprint density at radius 1 is 1.33 bits per heavy atom. The molecule has 3 nitrogen and oxygen atoms in total. The van der Waals surface area contributed by atoms with E-state index < -0.39 is 0 Å². The summed E-state index contributed by atoms with van der Waals surface area (Å²) in [5.74, 6) is -0.178. The first-order valence-electron chi connectivity index (χ1n) is 5.23. The Hall–Kier alpha value is -0.220. The number of carbonyl (C=O) groups excluding carboxylic acids is 1. The van der Waals surface area contributed by atoms with Gasteiger partial charge in [-0.25, -0.2) is 0 Å². The van der Waals surface area contributed by atoms with Gasteiger partial charge in [0.05, 0.1) is 18.5 Å². The van der Waals surface area contributed by atoms with Crippen LogP contribution in [-0.2, 0) is 14.3 Å². The fourth-order valence-electron chi connectivity index (χ4n) is 1.37. The van der Waals surface area contributed by atoms with E-state index in [9.17, 15) is 4.79 Å². The summed E-state index contributed by atoms with van der Waals surface area (Å²) < 4.78 is 10.3. The van der Waals surface area contributed by atoms with Gasteiger partial charge in [0.2, 0.25) is 0 Å². The third kappa shape index (κ3) is 10.1. The minimum atomic E-state index is -0.301. The average Bonchev–Trinajstić information content (AvgIpc) is 2.09. The van der Waals surface area contributed by atoms with Crippen molar-refractivity contribution in [3.05, 3.63) is 0 Å². The summed E-state index contributed by atoms with van der Waals surface area (Å²) in [6.45, 7) is 9.33. The summed E-state index contributed by atoms with van der Waals surface area (Å²) in [4.78, 5) is 10.7. The lowest BCUT2D eigenvalue weighted by molar-refractivity contribution is -0.142. The molecule has 0 bridgehead atoms. The highest BCUT2D eigenvalue weighted by Crippen LogP contribution is 2.21. The van der Waals surface area contributed by atoms with E-state index in [1.165, 1.54) is 0 Å². The second-order valence-corrected chi connectivity index (χ2v) is 5.14. The molecule has 0 aromatic carbocycles. The van der Waals surface area contributed by atoms with Crippen molar-refractivity contribution in [2.75, 3.05) is 19.0 Å². The minimum absolute atomic E-state index is 0.123. The van der Waals surface area contributed by atoms with E-state index in [2.05, 4.69) is 33.4 Å². The molecule has 0 aromatic rings. The molecule has 0 saturated heterocycles. The lowest BCUT2D eigenvalue weighted by atomic mass is 9.90. The number of hydrogen-bond acceptors (Lipinski definition) is 4. The van der Waals surface area contributed by atoms with Crippen LogP contribution in [0, 0.1) is 5.41 Å². The summed E-state index contributed by atoms with van der Waals surface area (Å²) in [5, 5.41) is 0. The van der Waals surface area contributed by atoms with Gasteiger partial charge in [0.15, 0.2) is 0 Å². The number of rotatable bonds is 6. The number of esters is 1. The van der Waals surface area contributed by atoms with Gasteiger partial charge >= 0.3 is 5.97 Å². The topological polar surface area (TPSA) is 35.5 Å². The zero-order valence-corrected chi connectivity index (χ0v) is 11.0. The Morgan fingerprint density at radius 2 is 1.93 bits per heavy atom. The van der Waals surface area contributed by atoms with Gasteiger partial charge in [0.25, 0.3) is 0 Å². The molecule has 0 radical (unpaired) electrons. The van der Waals surface area contributed by atoms with E-state index in [1.807, 2.05) is 6.92 Å². The van der Waals surface area contributed by atoms with Crippen molar-refractivity contribution >= 4 is 18.6 Å². The molecule has 0 rings (SSSR count). The van der Waals surface area contributed by atoms with Gasteiger partial charge in [-0.2, -0.15) is 12.6 Å². The molecule has 0 amide bonds. The molecule has 1 atom stereocenters. The number of hydrogen-bond donors (Lipinski definition) is 1. The van der Waals surface area contributed by atoms with E-state index in [0.717, 1.165) is 6.42 Å². The van der Waals surface area contributed by atoms with Crippen LogP contribution in [0.5, 0.6) is 0 Å². The normalized spacial score (nSPS) is 13.7. The van der Waals surface area contributed by atoms with E-state index in [4.69, 9.17) is 9.47 Å². The summed E-state index contributed by atoms with van der Waals surface area (Å²) in [5.41, 5.74) is 0.265. The molecule has 4 heteroatoms. The number of carbonyl (C=O) groups is 1. The zero-order valence-electron chi connectivity index (χ0n) is 10.1. The Labute approximate surface area is 97.9 Å². The maximum Gasteiger partial charge on any atom is 0.315 e. The molecule has 0 aliphatic carbocycles. The first-order valence-corrected chi connectivity index (χ1v) is 5.86. The molecule has 0 aliphatic rings. The molecular formula is C11H22O3S. The van der Waals surface area contributed by atoms with Crippen molar-refractivity contribution in [2.24, 2.45) is 5.41 Å². The maximum absolute atomic E-state index is 10.7. The molecule has 0 spiro atoms. The SMILES string of the molecule is CC(CC(C)(C)C)OCCOC(=O)CS. The lowest BCUT2D eigenvalue weighted by Crippen LogP contribution is -2.20. The van der Waals surface area contributed by atoms with Crippen LogP contribution in [0.1, 0.15) is 34.1 Å². The number of ether oxygens (including phenoxy) is 2. The molecule has 0 aromatic heterocycles. The van der Waals surface area contributed by atoms with Crippen molar-refractivity contribution < 1.29 is 14.3 Å². The summed E-state index contributed by atoms with van der Waals surface area (Å²) in [6, 6.07) is 0. The lowest BCUT2D eigenvalue weighted by Gasteiger charge is -2.23. The second-order valence-electron chi connectivity index (χ2n) is 4.82. The highest BCUT2D eigenvalue weighted by Gasteiger charge is 2.15. The Balaban J connectivity index is 3.47. The van der Waals surface area contributed by atoms with Crippen LogP contribution in [0.15, 0.2) is 0 Å². The first kappa shape index (κ1) is 14.8. The molecule has 0 heterocycles. The molecular weight excluding hydrogens is 212 g/mol. The van der Waals surface area contributed by atoms with Gasteiger partial charge in [-0.3, -0.25) is 4.79 Å². The molecule has 15 heavy (non-hydrogen) atoms. The van der Waals surface area contributed by atoms with Crippen LogP contribution in [0.4, 0.5) is 0 Å². The van der Waals surface area contributed by atoms with Crippen molar-refractivity contribution in [1.82, 2.24) is 0 Å². The van der Waals surface area contributed by atoms with Crippen LogP contribution in [0.2, 0.25) is 0 Å². The fraction of sp³-hybridized carbons (Fsp3) is 0.909. The predicted molar refractivity (Wildman–Crippen MR) is 64.3 cm³/mol. The molecule has 1 unspecified atom stereocenters. The van der Waals surface area contributed by atoms with Gasteiger partial charge in [0.1, 0.15) is 6.61 Å². The first-order chi connectivity index (χ1) is 6.85.